The molecule has 6 nitrogen and oxygen atoms in total. The SMILES string of the molecule is Cc1cccc(F)c1N1CCC(c2cc3nccnc3n(C3CCCc4ncccc43)c2=O)CC1. The maximum absolute atomic E-state index is 14.6. The molecule has 0 bridgehead atoms. The first-order valence-electron chi connectivity index (χ1n) is 12.4. The number of pyridine rings is 2. The molecule has 1 aromatic carbocycles. The van der Waals surface area contributed by atoms with Crippen LogP contribution in [0, 0.1) is 12.7 Å². The Bertz CT molecular complexity index is 1440. The normalized spacial score (nSPS) is 18.6. The highest BCUT2D eigenvalue weighted by Crippen LogP contribution is 2.35. The summed E-state index contributed by atoms with van der Waals surface area (Å²) < 4.78 is 16.4. The van der Waals surface area contributed by atoms with Crippen LogP contribution in [0.5, 0.6) is 0 Å². The van der Waals surface area contributed by atoms with Crippen LogP contribution in [0.3, 0.4) is 0 Å². The number of para-hydroxylation sites is 1. The molecule has 1 aliphatic heterocycles. The molecular weight excluding hydrogens is 441 g/mol. The van der Waals surface area contributed by atoms with E-state index in [0.717, 1.165) is 60.0 Å². The molecule has 1 unspecified atom stereocenters. The van der Waals surface area contributed by atoms with Crippen molar-refractivity contribution in [2.24, 2.45) is 0 Å². The molecule has 4 aromatic rings. The first-order valence-corrected chi connectivity index (χ1v) is 12.4. The molecule has 2 aliphatic rings. The highest BCUT2D eigenvalue weighted by Gasteiger charge is 2.30. The van der Waals surface area contributed by atoms with Crippen LogP contribution in [0.4, 0.5) is 10.1 Å². The molecule has 1 fully saturated rings. The monoisotopic (exact) mass is 469 g/mol. The minimum absolute atomic E-state index is 0.0141. The van der Waals surface area contributed by atoms with Gasteiger partial charge in [-0.05, 0) is 74.3 Å². The molecular formula is C28H28FN5O. The van der Waals surface area contributed by atoms with Gasteiger partial charge in [0.2, 0.25) is 0 Å². The number of aryl methyl sites for hydroxylation is 2. The summed E-state index contributed by atoms with van der Waals surface area (Å²) >= 11 is 0. The third kappa shape index (κ3) is 3.79. The second kappa shape index (κ2) is 8.87. The quantitative estimate of drug-likeness (QED) is 0.425. The van der Waals surface area contributed by atoms with Gasteiger partial charge in [0, 0.05) is 42.9 Å². The fourth-order valence-electron chi connectivity index (χ4n) is 5.94. The van der Waals surface area contributed by atoms with Crippen molar-refractivity contribution in [3.63, 3.8) is 0 Å². The highest BCUT2D eigenvalue weighted by atomic mass is 19.1. The Kier molecular flexibility index (Phi) is 5.55. The summed E-state index contributed by atoms with van der Waals surface area (Å²) in [7, 11) is 0. The molecule has 7 heteroatoms. The number of hydrogen-bond acceptors (Lipinski definition) is 5. The molecule has 0 N–H and O–H groups in total. The average Bonchev–Trinajstić information content (AvgIpc) is 2.89. The number of nitrogens with zero attached hydrogens (tertiary/aromatic N) is 5. The van der Waals surface area contributed by atoms with E-state index in [-0.39, 0.29) is 23.3 Å². The molecule has 0 radical (unpaired) electrons. The van der Waals surface area contributed by atoms with Gasteiger partial charge in [0.1, 0.15) is 11.3 Å². The van der Waals surface area contributed by atoms with Crippen LogP contribution in [0.15, 0.2) is 59.8 Å². The van der Waals surface area contributed by atoms with Gasteiger partial charge in [0.15, 0.2) is 5.65 Å². The van der Waals surface area contributed by atoms with Crippen LogP contribution in [0.2, 0.25) is 0 Å². The second-order valence-corrected chi connectivity index (χ2v) is 9.65. The van der Waals surface area contributed by atoms with Crippen molar-refractivity contribution < 1.29 is 4.39 Å². The molecule has 0 spiro atoms. The van der Waals surface area contributed by atoms with E-state index in [4.69, 9.17) is 0 Å². The standard InChI is InChI=1S/C28H28FN5O/c1-18-5-2-7-22(29)26(18)33-15-10-19(11-16-33)21-17-24-27(32-14-13-31-24)34(28(21)35)25-9-3-8-23-20(25)6-4-12-30-23/h2,4-7,12-14,17,19,25H,3,8-11,15-16H2,1H3. The number of benzene rings is 1. The molecule has 0 amide bonds. The van der Waals surface area contributed by atoms with Crippen LogP contribution in [0.25, 0.3) is 11.2 Å². The summed E-state index contributed by atoms with van der Waals surface area (Å²) in [5.41, 5.74) is 5.96. The predicted molar refractivity (Wildman–Crippen MR) is 134 cm³/mol. The molecule has 4 heterocycles. The summed E-state index contributed by atoms with van der Waals surface area (Å²) in [6, 6.07) is 11.1. The van der Waals surface area contributed by atoms with Crippen LogP contribution >= 0.6 is 0 Å². The number of fused-ring (bicyclic) bond motifs is 2. The van der Waals surface area contributed by atoms with Gasteiger partial charge in [-0.2, -0.15) is 0 Å². The van der Waals surface area contributed by atoms with Gasteiger partial charge in [0.25, 0.3) is 5.56 Å². The Morgan fingerprint density at radius 1 is 0.943 bits per heavy atom. The zero-order valence-corrected chi connectivity index (χ0v) is 19.8. The van der Waals surface area contributed by atoms with E-state index in [1.54, 1.807) is 18.5 Å². The fourth-order valence-corrected chi connectivity index (χ4v) is 5.94. The van der Waals surface area contributed by atoms with Gasteiger partial charge in [-0.15, -0.1) is 0 Å². The van der Waals surface area contributed by atoms with Gasteiger partial charge in [-0.25, -0.2) is 9.37 Å². The van der Waals surface area contributed by atoms with Gasteiger partial charge in [0.05, 0.1) is 11.7 Å². The summed E-state index contributed by atoms with van der Waals surface area (Å²) in [5.74, 6) is -0.0863. The minimum Gasteiger partial charge on any atom is -0.369 e. The first-order chi connectivity index (χ1) is 17.1. The average molecular weight is 470 g/mol. The van der Waals surface area contributed by atoms with E-state index in [2.05, 4.69) is 25.9 Å². The Balaban J connectivity index is 1.39. The van der Waals surface area contributed by atoms with Crippen molar-refractivity contribution in [1.29, 1.82) is 0 Å². The van der Waals surface area contributed by atoms with Gasteiger partial charge in [-0.3, -0.25) is 19.3 Å². The Labute approximate surface area is 203 Å². The Morgan fingerprint density at radius 2 is 1.77 bits per heavy atom. The third-order valence-electron chi connectivity index (χ3n) is 7.62. The van der Waals surface area contributed by atoms with Gasteiger partial charge in [-0.1, -0.05) is 18.2 Å². The highest BCUT2D eigenvalue weighted by molar-refractivity contribution is 5.71. The van der Waals surface area contributed by atoms with E-state index < -0.39 is 0 Å². The Hall–Kier alpha value is -3.61. The van der Waals surface area contributed by atoms with E-state index in [1.165, 1.54) is 6.07 Å². The van der Waals surface area contributed by atoms with Crippen molar-refractivity contribution in [3.05, 3.63) is 93.5 Å². The van der Waals surface area contributed by atoms with Crippen molar-refractivity contribution in [3.8, 4) is 0 Å². The largest absolute Gasteiger partial charge is 0.369 e. The van der Waals surface area contributed by atoms with E-state index in [0.29, 0.717) is 24.4 Å². The third-order valence-corrected chi connectivity index (χ3v) is 7.62. The van der Waals surface area contributed by atoms with Gasteiger partial charge < -0.3 is 4.90 Å². The Morgan fingerprint density at radius 3 is 2.60 bits per heavy atom. The van der Waals surface area contributed by atoms with E-state index >= 15 is 0 Å². The van der Waals surface area contributed by atoms with Gasteiger partial charge >= 0.3 is 0 Å². The molecule has 3 aromatic heterocycles. The van der Waals surface area contributed by atoms with E-state index in [9.17, 15) is 9.18 Å². The smallest absolute Gasteiger partial charge is 0.256 e. The van der Waals surface area contributed by atoms with Crippen LogP contribution in [-0.4, -0.2) is 32.6 Å². The summed E-state index contributed by atoms with van der Waals surface area (Å²) in [6.45, 7) is 3.36. The summed E-state index contributed by atoms with van der Waals surface area (Å²) in [4.78, 5) is 29.9. The minimum atomic E-state index is -0.184. The molecule has 6 rings (SSSR count). The van der Waals surface area contributed by atoms with Crippen LogP contribution in [-0.2, 0) is 6.42 Å². The number of halogens is 1. The fraction of sp³-hybridized carbons (Fsp3) is 0.357. The predicted octanol–water partition coefficient (Wildman–Crippen LogP) is 4.94. The molecule has 1 saturated heterocycles. The maximum Gasteiger partial charge on any atom is 0.256 e. The van der Waals surface area contributed by atoms with Crippen LogP contribution < -0.4 is 10.5 Å². The lowest BCUT2D eigenvalue weighted by atomic mass is 9.88. The first kappa shape index (κ1) is 21.9. The molecule has 1 aliphatic carbocycles. The zero-order chi connectivity index (χ0) is 23.9. The number of anilines is 1. The van der Waals surface area contributed by atoms with Crippen molar-refractivity contribution >= 4 is 16.9 Å². The molecule has 178 valence electrons. The number of rotatable bonds is 3. The summed E-state index contributed by atoms with van der Waals surface area (Å²) in [5, 5.41) is 0. The molecule has 0 saturated carbocycles. The maximum atomic E-state index is 14.6. The van der Waals surface area contributed by atoms with Crippen molar-refractivity contribution in [2.45, 2.75) is 51.0 Å². The van der Waals surface area contributed by atoms with Crippen molar-refractivity contribution in [2.75, 3.05) is 18.0 Å². The lowest BCUT2D eigenvalue weighted by Crippen LogP contribution is -2.37. The molecule has 1 atom stereocenters. The van der Waals surface area contributed by atoms with Crippen LogP contribution in [0.1, 0.15) is 60.0 Å². The van der Waals surface area contributed by atoms with Crippen molar-refractivity contribution in [1.82, 2.24) is 19.5 Å². The molecule has 35 heavy (non-hydrogen) atoms. The summed E-state index contributed by atoms with van der Waals surface area (Å²) in [6.07, 6.45) is 9.52. The number of aromatic nitrogens is 4. The second-order valence-electron chi connectivity index (χ2n) is 9.65. The zero-order valence-electron chi connectivity index (χ0n) is 19.8. The van der Waals surface area contributed by atoms with E-state index in [1.807, 2.05) is 35.9 Å². The number of hydrogen-bond donors (Lipinski definition) is 0. The number of piperidine rings is 1. The topological polar surface area (TPSA) is 63.9 Å². The lowest BCUT2D eigenvalue weighted by molar-refractivity contribution is 0.463. The lowest BCUT2D eigenvalue weighted by Gasteiger charge is -2.35.